The van der Waals surface area contributed by atoms with E-state index in [1.165, 1.54) is 21.2 Å². The maximum atomic E-state index is 2.38. The van der Waals surface area contributed by atoms with Gasteiger partial charge in [-0.3, -0.25) is 0 Å². The standard InChI is InChI=1S/C14H18S/c1-9(2)12-7-11-5-6-15-14(11)13(8-12)10(3)4/h5-10H,1-4H3. The third-order valence-electron chi connectivity index (χ3n) is 2.89. The molecule has 0 aliphatic rings. The summed E-state index contributed by atoms with van der Waals surface area (Å²) in [6.45, 7) is 9.08. The lowest BCUT2D eigenvalue weighted by Gasteiger charge is -2.12. The van der Waals surface area contributed by atoms with Crippen molar-refractivity contribution in [3.63, 3.8) is 0 Å². The molecule has 1 heteroatoms. The van der Waals surface area contributed by atoms with Crippen LogP contribution < -0.4 is 0 Å². The van der Waals surface area contributed by atoms with Crippen molar-refractivity contribution in [2.45, 2.75) is 39.5 Å². The average molecular weight is 218 g/mol. The van der Waals surface area contributed by atoms with Crippen LogP contribution in [0.4, 0.5) is 0 Å². The Hall–Kier alpha value is -0.820. The normalized spacial score (nSPS) is 11.9. The van der Waals surface area contributed by atoms with Gasteiger partial charge < -0.3 is 0 Å². The third-order valence-corrected chi connectivity index (χ3v) is 3.87. The molecule has 0 bridgehead atoms. The van der Waals surface area contributed by atoms with Gasteiger partial charge in [0, 0.05) is 4.70 Å². The van der Waals surface area contributed by atoms with Crippen molar-refractivity contribution in [3.05, 3.63) is 34.7 Å². The summed E-state index contributed by atoms with van der Waals surface area (Å²) in [6.07, 6.45) is 0. The van der Waals surface area contributed by atoms with Gasteiger partial charge in [0.1, 0.15) is 0 Å². The van der Waals surface area contributed by atoms with Crippen LogP contribution in [0.3, 0.4) is 0 Å². The summed E-state index contributed by atoms with van der Waals surface area (Å²) in [6, 6.07) is 6.95. The van der Waals surface area contributed by atoms with Crippen molar-refractivity contribution < 1.29 is 0 Å². The van der Waals surface area contributed by atoms with Gasteiger partial charge in [-0.15, -0.1) is 11.3 Å². The van der Waals surface area contributed by atoms with Crippen LogP contribution in [-0.4, -0.2) is 0 Å². The molecule has 0 radical (unpaired) electrons. The zero-order valence-corrected chi connectivity index (χ0v) is 10.7. The Morgan fingerprint density at radius 2 is 1.73 bits per heavy atom. The Morgan fingerprint density at radius 3 is 2.33 bits per heavy atom. The largest absolute Gasteiger partial charge is 0.144 e. The monoisotopic (exact) mass is 218 g/mol. The van der Waals surface area contributed by atoms with E-state index in [-0.39, 0.29) is 0 Å². The molecule has 0 saturated heterocycles. The van der Waals surface area contributed by atoms with Crippen molar-refractivity contribution in [1.29, 1.82) is 0 Å². The minimum atomic E-state index is 0.616. The van der Waals surface area contributed by atoms with E-state index in [2.05, 4.69) is 51.3 Å². The highest BCUT2D eigenvalue weighted by atomic mass is 32.1. The Labute approximate surface area is 95.9 Å². The van der Waals surface area contributed by atoms with Crippen molar-refractivity contribution in [3.8, 4) is 0 Å². The fourth-order valence-electron chi connectivity index (χ4n) is 1.90. The molecule has 2 rings (SSSR count). The molecule has 0 atom stereocenters. The molecule has 0 unspecified atom stereocenters. The number of hydrogen-bond donors (Lipinski definition) is 0. The molecular formula is C14H18S. The Morgan fingerprint density at radius 1 is 1.00 bits per heavy atom. The second-order valence-corrected chi connectivity index (χ2v) is 5.67. The van der Waals surface area contributed by atoms with Crippen LogP contribution in [0.2, 0.25) is 0 Å². The van der Waals surface area contributed by atoms with Crippen LogP contribution >= 0.6 is 11.3 Å². The number of hydrogen-bond acceptors (Lipinski definition) is 1. The molecule has 0 aliphatic heterocycles. The summed E-state index contributed by atoms with van der Waals surface area (Å²) in [7, 11) is 0. The minimum absolute atomic E-state index is 0.616. The summed E-state index contributed by atoms with van der Waals surface area (Å²) < 4.78 is 1.47. The van der Waals surface area contributed by atoms with Crippen molar-refractivity contribution in [2.75, 3.05) is 0 Å². The lowest BCUT2D eigenvalue weighted by atomic mass is 9.94. The maximum absolute atomic E-state index is 2.38. The smallest absolute Gasteiger partial charge is 0.0377 e. The van der Waals surface area contributed by atoms with Gasteiger partial charge in [-0.2, -0.15) is 0 Å². The molecule has 2 aromatic rings. The van der Waals surface area contributed by atoms with Gasteiger partial charge in [0.15, 0.2) is 0 Å². The summed E-state index contributed by atoms with van der Waals surface area (Å²) in [5, 5.41) is 3.61. The van der Waals surface area contributed by atoms with Gasteiger partial charge in [0.2, 0.25) is 0 Å². The molecule has 0 aliphatic carbocycles. The fraction of sp³-hybridized carbons (Fsp3) is 0.429. The van der Waals surface area contributed by atoms with Crippen molar-refractivity contribution >= 4 is 21.4 Å². The van der Waals surface area contributed by atoms with Gasteiger partial charge in [0.25, 0.3) is 0 Å². The summed E-state index contributed by atoms with van der Waals surface area (Å²) in [5.74, 6) is 1.23. The van der Waals surface area contributed by atoms with Crippen molar-refractivity contribution in [1.82, 2.24) is 0 Å². The molecule has 0 nitrogen and oxygen atoms in total. The number of thiophene rings is 1. The number of fused-ring (bicyclic) bond motifs is 1. The molecule has 15 heavy (non-hydrogen) atoms. The van der Waals surface area contributed by atoms with Crippen LogP contribution in [-0.2, 0) is 0 Å². The average Bonchev–Trinajstić information content (AvgIpc) is 2.62. The third kappa shape index (κ3) is 1.93. The molecule has 0 fully saturated rings. The van der Waals surface area contributed by atoms with Gasteiger partial charge in [-0.25, -0.2) is 0 Å². The molecule has 1 aromatic carbocycles. The molecule has 0 amide bonds. The van der Waals surface area contributed by atoms with Gasteiger partial charge in [-0.05, 0) is 39.8 Å². The fourth-order valence-corrected chi connectivity index (χ4v) is 2.94. The Bertz CT molecular complexity index is 463. The van der Waals surface area contributed by atoms with Crippen LogP contribution in [0, 0.1) is 0 Å². The van der Waals surface area contributed by atoms with E-state index in [9.17, 15) is 0 Å². The first-order chi connectivity index (χ1) is 7.09. The van der Waals surface area contributed by atoms with E-state index < -0.39 is 0 Å². The first-order valence-corrected chi connectivity index (χ1v) is 6.48. The first kappa shape index (κ1) is 10.7. The number of rotatable bonds is 2. The lowest BCUT2D eigenvalue weighted by molar-refractivity contribution is 0.843. The first-order valence-electron chi connectivity index (χ1n) is 5.60. The summed E-state index contributed by atoms with van der Waals surface area (Å²) >= 11 is 1.86. The van der Waals surface area contributed by atoms with Gasteiger partial charge >= 0.3 is 0 Å². The lowest BCUT2D eigenvalue weighted by Crippen LogP contribution is -1.93. The molecule has 1 heterocycles. The van der Waals surface area contributed by atoms with E-state index >= 15 is 0 Å². The molecule has 0 N–H and O–H groups in total. The van der Waals surface area contributed by atoms with Gasteiger partial charge in [0.05, 0.1) is 0 Å². The van der Waals surface area contributed by atoms with Crippen LogP contribution in [0.15, 0.2) is 23.6 Å². The molecular weight excluding hydrogens is 200 g/mol. The summed E-state index contributed by atoms with van der Waals surface area (Å²) in [4.78, 5) is 0. The Kier molecular flexibility index (Phi) is 2.83. The van der Waals surface area contributed by atoms with Gasteiger partial charge in [-0.1, -0.05) is 39.8 Å². The zero-order chi connectivity index (χ0) is 11.0. The zero-order valence-electron chi connectivity index (χ0n) is 9.87. The molecule has 80 valence electrons. The highest BCUT2D eigenvalue weighted by Gasteiger charge is 2.10. The maximum Gasteiger partial charge on any atom is 0.0377 e. The summed E-state index contributed by atoms with van der Waals surface area (Å²) in [5.41, 5.74) is 2.97. The topological polar surface area (TPSA) is 0 Å². The Balaban J connectivity index is 2.69. The van der Waals surface area contributed by atoms with Crippen molar-refractivity contribution in [2.24, 2.45) is 0 Å². The van der Waals surface area contributed by atoms with E-state index in [1.807, 2.05) is 11.3 Å². The predicted octanol–water partition coefficient (Wildman–Crippen LogP) is 5.15. The van der Waals surface area contributed by atoms with Crippen LogP contribution in [0.25, 0.3) is 10.1 Å². The van der Waals surface area contributed by atoms with E-state index in [0.29, 0.717) is 11.8 Å². The van der Waals surface area contributed by atoms with E-state index in [1.54, 1.807) is 0 Å². The quantitative estimate of drug-likeness (QED) is 0.654. The molecule has 0 spiro atoms. The van der Waals surface area contributed by atoms with Crippen LogP contribution in [0.5, 0.6) is 0 Å². The second-order valence-electron chi connectivity index (χ2n) is 4.76. The highest BCUT2D eigenvalue weighted by molar-refractivity contribution is 7.17. The van der Waals surface area contributed by atoms with E-state index in [0.717, 1.165) is 0 Å². The van der Waals surface area contributed by atoms with E-state index in [4.69, 9.17) is 0 Å². The SMILES string of the molecule is CC(C)c1cc(C(C)C)c2sccc2c1. The second kappa shape index (κ2) is 3.97. The predicted molar refractivity (Wildman–Crippen MR) is 70.0 cm³/mol. The highest BCUT2D eigenvalue weighted by Crippen LogP contribution is 2.33. The minimum Gasteiger partial charge on any atom is -0.144 e. The molecule has 1 aromatic heterocycles. The van der Waals surface area contributed by atoms with Crippen LogP contribution in [0.1, 0.15) is 50.7 Å². The molecule has 0 saturated carbocycles. The number of benzene rings is 1.